The minimum absolute atomic E-state index is 0.00834. The van der Waals surface area contributed by atoms with Crippen molar-refractivity contribution in [3.05, 3.63) is 22.3 Å². The van der Waals surface area contributed by atoms with Crippen molar-refractivity contribution in [3.8, 4) is 5.88 Å². The van der Waals surface area contributed by atoms with E-state index in [1.54, 1.807) is 6.07 Å². The van der Waals surface area contributed by atoms with Gasteiger partial charge in [0.1, 0.15) is 11.6 Å². The van der Waals surface area contributed by atoms with Crippen LogP contribution in [-0.4, -0.2) is 37.6 Å². The van der Waals surface area contributed by atoms with Gasteiger partial charge in [0.05, 0.1) is 11.6 Å². The van der Waals surface area contributed by atoms with E-state index in [1.807, 2.05) is 7.05 Å². The first-order valence-electron chi connectivity index (χ1n) is 5.98. The van der Waals surface area contributed by atoms with Gasteiger partial charge in [0.2, 0.25) is 11.8 Å². The summed E-state index contributed by atoms with van der Waals surface area (Å²) < 4.78 is 5.34. The van der Waals surface area contributed by atoms with E-state index in [-0.39, 0.29) is 5.91 Å². The Balaban J connectivity index is 2.18. The number of amides is 1. The van der Waals surface area contributed by atoms with Crippen molar-refractivity contribution in [3.63, 3.8) is 0 Å². The second kappa shape index (κ2) is 8.96. The molecule has 1 rings (SSSR count). The van der Waals surface area contributed by atoms with Gasteiger partial charge in [-0.3, -0.25) is 4.79 Å². The fourth-order valence-corrected chi connectivity index (χ4v) is 1.80. The van der Waals surface area contributed by atoms with Crippen molar-refractivity contribution in [2.75, 3.05) is 26.7 Å². The van der Waals surface area contributed by atoms with Crippen LogP contribution in [0.15, 0.2) is 12.3 Å². The van der Waals surface area contributed by atoms with E-state index < -0.39 is 0 Å². The Bertz CT molecular complexity index is 416. The van der Waals surface area contributed by atoms with Crippen LogP contribution in [0.1, 0.15) is 12.8 Å². The lowest BCUT2D eigenvalue weighted by molar-refractivity contribution is -0.121. The molecule has 0 spiro atoms. The summed E-state index contributed by atoms with van der Waals surface area (Å²) in [6.07, 6.45) is 2.77. The number of nitrogens with zero attached hydrogens (tertiary/aromatic N) is 1. The van der Waals surface area contributed by atoms with Gasteiger partial charge in [-0.1, -0.05) is 23.2 Å². The minimum atomic E-state index is 0.00834. The number of ether oxygens (including phenoxy) is 1. The molecule has 19 heavy (non-hydrogen) atoms. The van der Waals surface area contributed by atoms with Crippen molar-refractivity contribution in [2.45, 2.75) is 12.8 Å². The molecule has 0 unspecified atom stereocenters. The first-order chi connectivity index (χ1) is 9.13. The molecule has 1 heterocycles. The Morgan fingerprint density at radius 2 is 2.21 bits per heavy atom. The number of aromatic nitrogens is 1. The number of pyridine rings is 1. The summed E-state index contributed by atoms with van der Waals surface area (Å²) in [6.45, 7) is 1.55. The highest BCUT2D eigenvalue weighted by atomic mass is 35.5. The first kappa shape index (κ1) is 16.0. The molecular weight excluding hydrogens is 289 g/mol. The van der Waals surface area contributed by atoms with E-state index in [9.17, 15) is 4.79 Å². The van der Waals surface area contributed by atoms with Gasteiger partial charge in [-0.05, 0) is 26.1 Å². The maximum absolute atomic E-state index is 11.4. The molecule has 0 aliphatic carbocycles. The number of hydrogen-bond donors (Lipinski definition) is 2. The smallest absolute Gasteiger partial charge is 0.232 e. The molecular formula is C12H17Cl2N3O2. The number of carbonyl (C=O) groups is 1. The van der Waals surface area contributed by atoms with Crippen LogP contribution in [0.5, 0.6) is 5.88 Å². The zero-order valence-electron chi connectivity index (χ0n) is 10.7. The Morgan fingerprint density at radius 1 is 1.42 bits per heavy atom. The maximum atomic E-state index is 11.4. The molecule has 0 aromatic carbocycles. The van der Waals surface area contributed by atoms with E-state index in [0.717, 1.165) is 13.0 Å². The summed E-state index contributed by atoms with van der Waals surface area (Å²) in [6, 6.07) is 1.56. The van der Waals surface area contributed by atoms with E-state index >= 15 is 0 Å². The summed E-state index contributed by atoms with van der Waals surface area (Å²) in [5.41, 5.74) is 0. The Kier molecular flexibility index (Phi) is 7.55. The van der Waals surface area contributed by atoms with E-state index in [4.69, 9.17) is 27.9 Å². The second-order valence-corrected chi connectivity index (χ2v) is 4.69. The fraction of sp³-hybridized carbons (Fsp3) is 0.500. The van der Waals surface area contributed by atoms with Crippen LogP contribution in [0.2, 0.25) is 10.0 Å². The molecule has 0 fully saturated rings. The van der Waals surface area contributed by atoms with Crippen LogP contribution < -0.4 is 15.4 Å². The van der Waals surface area contributed by atoms with Crippen molar-refractivity contribution >= 4 is 29.1 Å². The van der Waals surface area contributed by atoms with E-state index in [2.05, 4.69) is 15.6 Å². The van der Waals surface area contributed by atoms with E-state index in [0.29, 0.717) is 35.5 Å². The van der Waals surface area contributed by atoms with Gasteiger partial charge in [-0.15, -0.1) is 0 Å². The maximum Gasteiger partial charge on any atom is 0.232 e. The monoisotopic (exact) mass is 305 g/mol. The molecule has 1 aromatic rings. The third-order valence-electron chi connectivity index (χ3n) is 2.27. The summed E-state index contributed by atoms with van der Waals surface area (Å²) in [4.78, 5) is 15.3. The predicted molar refractivity (Wildman–Crippen MR) is 75.9 cm³/mol. The number of halogens is 2. The topological polar surface area (TPSA) is 63.2 Å². The van der Waals surface area contributed by atoms with Crippen LogP contribution >= 0.6 is 23.2 Å². The van der Waals surface area contributed by atoms with Crippen LogP contribution in [0.3, 0.4) is 0 Å². The highest BCUT2D eigenvalue weighted by molar-refractivity contribution is 6.35. The summed E-state index contributed by atoms with van der Waals surface area (Å²) in [5, 5.41) is 6.55. The van der Waals surface area contributed by atoms with Crippen LogP contribution in [0.25, 0.3) is 0 Å². The zero-order valence-corrected chi connectivity index (χ0v) is 12.2. The van der Waals surface area contributed by atoms with Crippen LogP contribution in [-0.2, 0) is 4.79 Å². The molecule has 0 aliphatic rings. The van der Waals surface area contributed by atoms with Gasteiger partial charge in [-0.25, -0.2) is 4.98 Å². The van der Waals surface area contributed by atoms with Crippen LogP contribution in [0, 0.1) is 0 Å². The van der Waals surface area contributed by atoms with Crippen molar-refractivity contribution in [2.24, 2.45) is 0 Å². The molecule has 0 bridgehead atoms. The van der Waals surface area contributed by atoms with Crippen LogP contribution in [0.4, 0.5) is 0 Å². The van der Waals surface area contributed by atoms with Gasteiger partial charge in [0.25, 0.3) is 0 Å². The quantitative estimate of drug-likeness (QED) is 0.720. The van der Waals surface area contributed by atoms with Gasteiger partial charge >= 0.3 is 0 Å². The molecule has 0 radical (unpaired) electrons. The molecule has 2 N–H and O–H groups in total. The summed E-state index contributed by atoms with van der Waals surface area (Å²) in [5.74, 6) is 0.324. The normalized spacial score (nSPS) is 10.3. The van der Waals surface area contributed by atoms with Gasteiger partial charge in [0, 0.05) is 12.6 Å². The molecule has 0 saturated carbocycles. The Hall–Kier alpha value is -1.04. The molecule has 0 saturated heterocycles. The lowest BCUT2D eigenvalue weighted by atomic mass is 10.3. The lowest BCUT2D eigenvalue weighted by Gasteiger charge is -2.08. The van der Waals surface area contributed by atoms with Crippen molar-refractivity contribution in [1.82, 2.24) is 15.6 Å². The molecule has 0 atom stereocenters. The number of rotatable bonds is 8. The summed E-state index contributed by atoms with van der Waals surface area (Å²) in [7, 11) is 1.86. The highest BCUT2D eigenvalue weighted by Gasteiger charge is 2.04. The third-order valence-corrected chi connectivity index (χ3v) is 2.75. The van der Waals surface area contributed by atoms with Gasteiger partial charge in [0.15, 0.2) is 0 Å². The average molecular weight is 306 g/mol. The first-order valence-corrected chi connectivity index (χ1v) is 6.74. The summed E-state index contributed by atoms with van der Waals surface area (Å²) >= 11 is 11.6. The van der Waals surface area contributed by atoms with Crippen molar-refractivity contribution < 1.29 is 9.53 Å². The predicted octanol–water partition coefficient (Wildman–Crippen LogP) is 1.88. The lowest BCUT2D eigenvalue weighted by Crippen LogP contribution is -2.28. The van der Waals surface area contributed by atoms with Gasteiger partial charge in [-0.2, -0.15) is 0 Å². The Labute approximate surface area is 122 Å². The Morgan fingerprint density at radius 3 is 2.89 bits per heavy atom. The number of nitrogens with one attached hydrogen (secondary N) is 2. The second-order valence-electron chi connectivity index (χ2n) is 3.85. The SMILES string of the molecule is CNCCCC(=O)NCCOc1ncc(Cl)cc1Cl. The number of carbonyl (C=O) groups excluding carboxylic acids is 1. The van der Waals surface area contributed by atoms with Crippen molar-refractivity contribution in [1.29, 1.82) is 0 Å². The molecule has 0 aliphatic heterocycles. The van der Waals surface area contributed by atoms with Gasteiger partial charge < -0.3 is 15.4 Å². The standard InChI is InChI=1S/C12H17Cl2N3O2/c1-15-4-2-3-11(18)16-5-6-19-12-10(14)7-9(13)8-17-12/h7-8,15H,2-6H2,1H3,(H,16,18). The minimum Gasteiger partial charge on any atom is -0.475 e. The zero-order chi connectivity index (χ0) is 14.1. The third kappa shape index (κ3) is 6.61. The number of hydrogen-bond acceptors (Lipinski definition) is 4. The fourth-order valence-electron chi connectivity index (χ4n) is 1.36. The molecule has 7 heteroatoms. The highest BCUT2D eigenvalue weighted by Crippen LogP contribution is 2.24. The largest absolute Gasteiger partial charge is 0.475 e. The average Bonchev–Trinajstić information content (AvgIpc) is 2.37. The van der Waals surface area contributed by atoms with E-state index in [1.165, 1.54) is 6.20 Å². The molecule has 5 nitrogen and oxygen atoms in total. The molecule has 1 aromatic heterocycles. The molecule has 1 amide bonds. The molecule has 106 valence electrons.